The van der Waals surface area contributed by atoms with Crippen molar-refractivity contribution in [2.24, 2.45) is 0 Å². The van der Waals surface area contributed by atoms with Gasteiger partial charge in [0.1, 0.15) is 6.61 Å². The van der Waals surface area contributed by atoms with E-state index in [0.29, 0.717) is 31.2 Å². The Labute approximate surface area is 108 Å². The second-order valence-corrected chi connectivity index (χ2v) is 3.75. The quantitative estimate of drug-likeness (QED) is 0.696. The summed E-state index contributed by atoms with van der Waals surface area (Å²) < 4.78 is 10.2. The predicted molar refractivity (Wildman–Crippen MR) is 67.3 cm³/mol. The normalized spacial score (nSPS) is 10.4. The van der Waals surface area contributed by atoms with Crippen molar-refractivity contribution in [3.05, 3.63) is 23.3 Å². The van der Waals surface area contributed by atoms with Crippen LogP contribution in [0.15, 0.2) is 6.20 Å². The first-order valence-corrected chi connectivity index (χ1v) is 6.32. The maximum atomic E-state index is 11.7. The number of hydrogen-bond acceptors (Lipinski definition) is 5. The van der Waals surface area contributed by atoms with Crippen LogP contribution in [0, 0.1) is 0 Å². The Hall–Kier alpha value is -1.49. The largest absolute Gasteiger partial charge is 0.462 e. The maximum Gasteiger partial charge on any atom is 0.341 e. The molecular formula is C13H20N2O3. The molecule has 0 aromatic carbocycles. The van der Waals surface area contributed by atoms with Gasteiger partial charge in [-0.2, -0.15) is 0 Å². The number of carbonyl (C=O) groups is 1. The fraction of sp³-hybridized carbons (Fsp3) is 0.615. The van der Waals surface area contributed by atoms with Crippen LogP contribution in [0.1, 0.15) is 49.1 Å². The van der Waals surface area contributed by atoms with Gasteiger partial charge in [-0.3, -0.25) is 0 Å². The molecule has 0 aliphatic heterocycles. The zero-order valence-electron chi connectivity index (χ0n) is 11.2. The zero-order chi connectivity index (χ0) is 13.4. The Kier molecular flexibility index (Phi) is 6.28. The van der Waals surface area contributed by atoms with E-state index in [1.807, 2.05) is 13.8 Å². The third kappa shape index (κ3) is 4.07. The van der Waals surface area contributed by atoms with Gasteiger partial charge in [-0.25, -0.2) is 14.8 Å². The highest BCUT2D eigenvalue weighted by atomic mass is 16.5. The van der Waals surface area contributed by atoms with Crippen LogP contribution in [0.2, 0.25) is 0 Å². The molecule has 0 N–H and O–H groups in total. The van der Waals surface area contributed by atoms with Gasteiger partial charge in [0.2, 0.25) is 0 Å². The van der Waals surface area contributed by atoms with E-state index < -0.39 is 0 Å². The van der Waals surface area contributed by atoms with E-state index >= 15 is 0 Å². The van der Waals surface area contributed by atoms with E-state index in [1.54, 1.807) is 6.92 Å². The summed E-state index contributed by atoms with van der Waals surface area (Å²) in [5.41, 5.74) is 1.19. The fourth-order valence-electron chi connectivity index (χ4n) is 1.53. The summed E-state index contributed by atoms with van der Waals surface area (Å²) in [6.07, 6.45) is 3.18. The lowest BCUT2D eigenvalue weighted by Crippen LogP contribution is -2.13. The van der Waals surface area contributed by atoms with Crippen molar-refractivity contribution in [2.45, 2.75) is 40.2 Å². The first-order valence-electron chi connectivity index (χ1n) is 6.32. The lowest BCUT2D eigenvalue weighted by atomic mass is 10.1. The van der Waals surface area contributed by atoms with Gasteiger partial charge >= 0.3 is 5.97 Å². The van der Waals surface area contributed by atoms with Gasteiger partial charge < -0.3 is 9.47 Å². The molecule has 0 radical (unpaired) electrons. The molecular weight excluding hydrogens is 232 g/mol. The first-order chi connectivity index (χ1) is 8.72. The Balaban J connectivity index is 2.92. The highest BCUT2D eigenvalue weighted by Crippen LogP contribution is 2.10. The molecule has 1 aromatic heterocycles. The number of aromatic nitrogens is 2. The molecule has 0 saturated carbocycles. The van der Waals surface area contributed by atoms with Gasteiger partial charge in [0, 0.05) is 12.8 Å². The summed E-state index contributed by atoms with van der Waals surface area (Å²) in [5, 5.41) is 0. The summed E-state index contributed by atoms with van der Waals surface area (Å²) in [7, 11) is 0. The topological polar surface area (TPSA) is 61.3 Å². The molecule has 100 valence electrons. The third-order valence-corrected chi connectivity index (χ3v) is 2.34. The summed E-state index contributed by atoms with van der Waals surface area (Å²) in [6, 6.07) is 0. The summed E-state index contributed by atoms with van der Waals surface area (Å²) >= 11 is 0. The Morgan fingerprint density at radius 3 is 2.67 bits per heavy atom. The van der Waals surface area contributed by atoms with Gasteiger partial charge in [-0.05, 0) is 20.3 Å². The molecule has 18 heavy (non-hydrogen) atoms. The summed E-state index contributed by atoms with van der Waals surface area (Å²) in [5.74, 6) is 0.247. The van der Waals surface area contributed by atoms with Gasteiger partial charge in [0.15, 0.2) is 5.82 Å². The monoisotopic (exact) mass is 252 g/mol. The van der Waals surface area contributed by atoms with Crippen molar-refractivity contribution < 1.29 is 14.3 Å². The summed E-state index contributed by atoms with van der Waals surface area (Å²) in [6.45, 7) is 7.08. The van der Waals surface area contributed by atoms with Crippen LogP contribution in [0.25, 0.3) is 0 Å². The second-order valence-electron chi connectivity index (χ2n) is 3.75. The zero-order valence-corrected chi connectivity index (χ0v) is 11.2. The first kappa shape index (κ1) is 14.6. The van der Waals surface area contributed by atoms with Gasteiger partial charge in [-0.15, -0.1) is 0 Å². The SMILES string of the molecule is CCCc1nc(COCC)ncc1C(=O)OCC. The van der Waals surface area contributed by atoms with Crippen LogP contribution in [0.5, 0.6) is 0 Å². The van der Waals surface area contributed by atoms with Gasteiger partial charge in [0.25, 0.3) is 0 Å². The van der Waals surface area contributed by atoms with E-state index in [1.165, 1.54) is 6.20 Å². The molecule has 0 saturated heterocycles. The van der Waals surface area contributed by atoms with E-state index in [-0.39, 0.29) is 5.97 Å². The highest BCUT2D eigenvalue weighted by molar-refractivity contribution is 5.90. The minimum atomic E-state index is -0.357. The average Bonchev–Trinajstić information content (AvgIpc) is 2.37. The van der Waals surface area contributed by atoms with Crippen molar-refractivity contribution in [1.29, 1.82) is 0 Å². The van der Waals surface area contributed by atoms with E-state index in [0.717, 1.165) is 18.5 Å². The Morgan fingerprint density at radius 2 is 2.06 bits per heavy atom. The second kappa shape index (κ2) is 7.76. The molecule has 0 unspecified atom stereocenters. The average molecular weight is 252 g/mol. The Bertz CT molecular complexity index is 394. The highest BCUT2D eigenvalue weighted by Gasteiger charge is 2.15. The maximum absolute atomic E-state index is 11.7. The van der Waals surface area contributed by atoms with E-state index in [2.05, 4.69) is 9.97 Å². The number of rotatable bonds is 7. The fourth-order valence-corrected chi connectivity index (χ4v) is 1.53. The smallest absolute Gasteiger partial charge is 0.341 e. The third-order valence-electron chi connectivity index (χ3n) is 2.34. The van der Waals surface area contributed by atoms with E-state index in [4.69, 9.17) is 9.47 Å². The molecule has 0 fully saturated rings. The lowest BCUT2D eigenvalue weighted by molar-refractivity contribution is 0.0523. The lowest BCUT2D eigenvalue weighted by Gasteiger charge is -2.08. The Morgan fingerprint density at radius 1 is 1.28 bits per heavy atom. The number of nitrogens with zero attached hydrogens (tertiary/aromatic N) is 2. The molecule has 5 nitrogen and oxygen atoms in total. The van der Waals surface area contributed by atoms with Crippen LogP contribution in [0.3, 0.4) is 0 Å². The van der Waals surface area contributed by atoms with Crippen molar-refractivity contribution in [2.75, 3.05) is 13.2 Å². The van der Waals surface area contributed by atoms with Crippen LogP contribution >= 0.6 is 0 Å². The van der Waals surface area contributed by atoms with Gasteiger partial charge in [0.05, 0.1) is 17.9 Å². The molecule has 0 spiro atoms. The minimum Gasteiger partial charge on any atom is -0.462 e. The van der Waals surface area contributed by atoms with Crippen LogP contribution in [0.4, 0.5) is 0 Å². The molecule has 0 atom stereocenters. The van der Waals surface area contributed by atoms with E-state index in [9.17, 15) is 4.79 Å². The number of hydrogen-bond donors (Lipinski definition) is 0. The molecule has 0 bridgehead atoms. The molecule has 5 heteroatoms. The summed E-state index contributed by atoms with van der Waals surface area (Å²) in [4.78, 5) is 20.2. The van der Waals surface area contributed by atoms with Crippen molar-refractivity contribution in [3.63, 3.8) is 0 Å². The van der Waals surface area contributed by atoms with Crippen molar-refractivity contribution >= 4 is 5.97 Å². The molecule has 0 amide bonds. The molecule has 0 aliphatic carbocycles. The van der Waals surface area contributed by atoms with Crippen molar-refractivity contribution in [1.82, 2.24) is 9.97 Å². The standard InChI is InChI=1S/C13H20N2O3/c1-4-7-11-10(13(16)18-6-3)8-14-12(15-11)9-17-5-2/h8H,4-7,9H2,1-3H3. The number of aryl methyl sites for hydroxylation is 1. The van der Waals surface area contributed by atoms with Gasteiger partial charge in [-0.1, -0.05) is 13.3 Å². The van der Waals surface area contributed by atoms with Crippen LogP contribution < -0.4 is 0 Å². The predicted octanol–water partition coefficient (Wildman–Crippen LogP) is 2.14. The van der Waals surface area contributed by atoms with Crippen molar-refractivity contribution in [3.8, 4) is 0 Å². The molecule has 0 aliphatic rings. The molecule has 1 heterocycles. The molecule has 1 aromatic rings. The number of carbonyl (C=O) groups excluding carboxylic acids is 1. The molecule has 1 rings (SSSR count). The van der Waals surface area contributed by atoms with Crippen LogP contribution in [-0.2, 0) is 22.5 Å². The number of esters is 1. The minimum absolute atomic E-state index is 0.352. The van der Waals surface area contributed by atoms with Crippen LogP contribution in [-0.4, -0.2) is 29.2 Å². The number of ether oxygens (including phenoxy) is 2.